The summed E-state index contributed by atoms with van der Waals surface area (Å²) in [5.74, 6) is -7.97. The Morgan fingerprint density at radius 2 is 1.90 bits per heavy atom. The first kappa shape index (κ1) is 31.4. The summed E-state index contributed by atoms with van der Waals surface area (Å²) in [6.07, 6.45) is 2.10. The van der Waals surface area contributed by atoms with E-state index in [9.17, 15) is 38.2 Å². The molecule has 0 saturated carbocycles. The lowest BCUT2D eigenvalue weighted by molar-refractivity contribution is -0.699. The summed E-state index contributed by atoms with van der Waals surface area (Å²) in [7, 11) is 0. The van der Waals surface area contributed by atoms with Crippen molar-refractivity contribution in [3.05, 3.63) is 64.0 Å². The molecule has 1 aromatic carbocycles. The van der Waals surface area contributed by atoms with Gasteiger partial charge in [0.05, 0.1) is 17.2 Å². The Labute approximate surface area is 255 Å². The van der Waals surface area contributed by atoms with Gasteiger partial charge in [-0.2, -0.15) is 8.78 Å². The number of benzene rings is 1. The van der Waals surface area contributed by atoms with Crippen LogP contribution in [0.5, 0.6) is 0 Å². The van der Waals surface area contributed by atoms with Crippen LogP contribution in [0.25, 0.3) is 0 Å². The Morgan fingerprint density at radius 1 is 1.20 bits per heavy atom. The van der Waals surface area contributed by atoms with Crippen molar-refractivity contribution in [3.63, 3.8) is 0 Å². The molecule has 0 unspecified atom stereocenters. The molecule has 1 aromatic heterocycles. The van der Waals surface area contributed by atoms with Gasteiger partial charge in [0, 0.05) is 38.5 Å². The average molecular weight is 665 g/mol. The molecule has 9 nitrogen and oxygen atoms in total. The maximum Gasteiger partial charge on any atom is 0.352 e. The molecule has 0 radical (unpaired) electrons. The van der Waals surface area contributed by atoms with Crippen LogP contribution in [0.15, 0.2) is 63.8 Å². The number of alkyl halides is 2. The number of hydrogen-bond donors (Lipinski definition) is 2. The van der Waals surface area contributed by atoms with E-state index in [4.69, 9.17) is 23.2 Å². The first-order valence-electron chi connectivity index (χ1n) is 11.9. The third-order valence-corrected chi connectivity index (χ3v) is 10.2. The van der Waals surface area contributed by atoms with E-state index in [2.05, 4.69) is 5.32 Å². The smallest absolute Gasteiger partial charge is 0.352 e. The van der Waals surface area contributed by atoms with Crippen LogP contribution in [0.4, 0.5) is 8.78 Å². The molecule has 1 saturated heterocycles. The molecule has 2 aliphatic rings. The molecule has 2 amide bonds. The van der Waals surface area contributed by atoms with Gasteiger partial charge in [-0.3, -0.25) is 14.5 Å². The molecule has 41 heavy (non-hydrogen) atoms. The van der Waals surface area contributed by atoms with Crippen LogP contribution in [0.1, 0.15) is 6.42 Å². The summed E-state index contributed by atoms with van der Waals surface area (Å²) in [4.78, 5) is 50.5. The topological polar surface area (TPSA) is 131 Å². The molecular formula is C25H21Cl2F2N3O6S3. The van der Waals surface area contributed by atoms with Crippen LogP contribution in [0.3, 0.4) is 0 Å². The number of carboxylic acids is 2. The summed E-state index contributed by atoms with van der Waals surface area (Å²) in [5.41, 5.74) is 0.408. The predicted molar refractivity (Wildman–Crippen MR) is 149 cm³/mol. The quantitative estimate of drug-likeness (QED) is 0.200. The molecule has 2 N–H and O–H groups in total. The number of carboxylic acid groups (broad SMARTS) is 2. The van der Waals surface area contributed by atoms with Crippen LogP contribution in [0.2, 0.25) is 10.0 Å². The number of rotatable bonds is 12. The van der Waals surface area contributed by atoms with Gasteiger partial charge >= 0.3 is 5.97 Å². The second kappa shape index (κ2) is 13.2. The van der Waals surface area contributed by atoms with Gasteiger partial charge in [0.1, 0.15) is 23.1 Å². The van der Waals surface area contributed by atoms with Crippen LogP contribution in [-0.4, -0.2) is 68.4 Å². The molecule has 2 atom stereocenters. The van der Waals surface area contributed by atoms with Gasteiger partial charge in [-0.1, -0.05) is 23.2 Å². The molecule has 0 bridgehead atoms. The Morgan fingerprint density at radius 3 is 2.56 bits per heavy atom. The molecule has 4 rings (SSSR count). The molecule has 16 heteroatoms. The number of pyridine rings is 1. The fourth-order valence-corrected chi connectivity index (χ4v) is 7.64. The van der Waals surface area contributed by atoms with Crippen molar-refractivity contribution in [2.45, 2.75) is 40.1 Å². The lowest BCUT2D eigenvalue weighted by Gasteiger charge is -2.49. The zero-order valence-corrected chi connectivity index (χ0v) is 24.8. The number of thioether (sulfide) groups is 3. The Kier molecular flexibility index (Phi) is 10.1. The fraction of sp³-hybridized carbons (Fsp3) is 0.320. The van der Waals surface area contributed by atoms with Gasteiger partial charge < -0.3 is 20.3 Å². The van der Waals surface area contributed by atoms with E-state index in [0.717, 1.165) is 4.90 Å². The van der Waals surface area contributed by atoms with Crippen LogP contribution in [0, 0.1) is 0 Å². The van der Waals surface area contributed by atoms with Gasteiger partial charge in [0.25, 0.3) is 11.8 Å². The number of aryl methyl sites for hydroxylation is 1. The van der Waals surface area contributed by atoms with Crippen molar-refractivity contribution in [2.75, 3.05) is 17.3 Å². The van der Waals surface area contributed by atoms with Crippen molar-refractivity contribution in [1.29, 1.82) is 0 Å². The SMILES string of the molecule is O=C(CSc1cc(Cl)ccc1Cl)N[C@@H]1C(=O)N2C(C(=O)O)=C(CSc3cc[n+](CCC(F)(F)C(=O)[O-])cc3)CS[C@H]12. The standard InChI is InChI=1S/C25H21Cl2F2N3O6S3/c26-14-1-2-16(27)17(9-14)40-12-18(33)30-19-21(34)32-20(23(35)36)13(11-41-22(19)32)10-39-15-3-6-31(7-4-15)8-5-25(28,29)24(37)38/h1-4,6-7,9,19,22H,5,8,10-12H2,(H2-,30,33,35,36,37,38)/t19-,22-/m1/s1. The van der Waals surface area contributed by atoms with Crippen LogP contribution >= 0.6 is 58.5 Å². The minimum Gasteiger partial charge on any atom is -0.544 e. The van der Waals surface area contributed by atoms with Crippen molar-refractivity contribution in [2.24, 2.45) is 0 Å². The zero-order valence-electron chi connectivity index (χ0n) is 20.9. The van der Waals surface area contributed by atoms with Crippen molar-refractivity contribution >= 4 is 82.2 Å². The first-order valence-corrected chi connectivity index (χ1v) is 15.6. The van der Waals surface area contributed by atoms with E-state index < -0.39 is 47.5 Å². The van der Waals surface area contributed by atoms with E-state index in [1.807, 2.05) is 0 Å². The van der Waals surface area contributed by atoms with E-state index in [1.54, 1.807) is 30.3 Å². The Bertz CT molecular complexity index is 1410. The number of amides is 2. The lowest BCUT2D eigenvalue weighted by Crippen LogP contribution is -2.70. The summed E-state index contributed by atoms with van der Waals surface area (Å²) in [6.45, 7) is -0.236. The summed E-state index contributed by atoms with van der Waals surface area (Å²) >= 11 is 15.9. The number of fused-ring (bicyclic) bond motifs is 1. The summed E-state index contributed by atoms with van der Waals surface area (Å²) in [6, 6.07) is 7.29. The lowest BCUT2D eigenvalue weighted by atomic mass is 10.0. The number of carbonyl (C=O) groups is 4. The highest BCUT2D eigenvalue weighted by atomic mass is 35.5. The number of carbonyl (C=O) groups excluding carboxylic acids is 3. The maximum absolute atomic E-state index is 13.2. The number of halogens is 4. The molecule has 0 aliphatic carbocycles. The molecule has 3 heterocycles. The first-order chi connectivity index (χ1) is 19.4. The summed E-state index contributed by atoms with van der Waals surface area (Å²) in [5, 5.41) is 23.4. The second-order valence-corrected chi connectivity index (χ2v) is 12.9. The largest absolute Gasteiger partial charge is 0.544 e. The van der Waals surface area contributed by atoms with Crippen molar-refractivity contribution in [3.8, 4) is 0 Å². The third kappa shape index (κ3) is 7.47. The summed E-state index contributed by atoms with van der Waals surface area (Å²) < 4.78 is 27.9. The minimum atomic E-state index is -3.93. The number of β-lactam (4-membered cyclic amide) rings is 1. The van der Waals surface area contributed by atoms with Gasteiger partial charge in [0.2, 0.25) is 5.91 Å². The fourth-order valence-electron chi connectivity index (χ4n) is 3.97. The van der Waals surface area contributed by atoms with E-state index in [0.29, 0.717) is 26.3 Å². The zero-order chi connectivity index (χ0) is 29.9. The molecular weight excluding hydrogens is 643 g/mol. The van der Waals surface area contributed by atoms with Gasteiger partial charge in [0.15, 0.2) is 18.9 Å². The third-order valence-electron chi connectivity index (χ3n) is 6.07. The second-order valence-electron chi connectivity index (χ2n) is 8.88. The number of aromatic nitrogens is 1. The minimum absolute atomic E-state index is 0.0129. The molecule has 0 spiro atoms. The van der Waals surface area contributed by atoms with Crippen molar-refractivity contribution < 1.29 is 42.7 Å². The maximum atomic E-state index is 13.2. The Balaban J connectivity index is 1.33. The van der Waals surface area contributed by atoms with Crippen molar-refractivity contribution in [1.82, 2.24) is 10.2 Å². The van der Waals surface area contributed by atoms with Gasteiger partial charge in [-0.15, -0.1) is 35.3 Å². The van der Waals surface area contributed by atoms with Crippen LogP contribution < -0.4 is 15.0 Å². The predicted octanol–water partition coefficient (Wildman–Crippen LogP) is 2.68. The van der Waals surface area contributed by atoms with Crippen LogP contribution in [-0.2, 0) is 25.7 Å². The molecule has 218 valence electrons. The normalized spacial score (nSPS) is 18.5. The number of nitrogens with zero attached hydrogens (tertiary/aromatic N) is 2. The molecule has 1 fully saturated rings. The van der Waals surface area contributed by atoms with E-state index in [-0.39, 0.29) is 23.7 Å². The number of nitrogens with one attached hydrogen (secondary N) is 1. The highest BCUT2D eigenvalue weighted by Crippen LogP contribution is 2.41. The molecule has 2 aliphatic heterocycles. The Hall–Kier alpha value is -2.52. The van der Waals surface area contributed by atoms with Gasteiger partial charge in [-0.05, 0) is 23.8 Å². The number of hydrogen-bond acceptors (Lipinski definition) is 8. The monoisotopic (exact) mass is 663 g/mol. The highest BCUT2D eigenvalue weighted by Gasteiger charge is 2.54. The van der Waals surface area contributed by atoms with Gasteiger partial charge in [-0.25, -0.2) is 9.36 Å². The average Bonchev–Trinajstić information content (AvgIpc) is 2.93. The molecule has 2 aromatic rings. The van der Waals surface area contributed by atoms with E-state index in [1.165, 1.54) is 57.1 Å². The van der Waals surface area contributed by atoms with E-state index >= 15 is 0 Å². The number of aliphatic carboxylic acids is 2. The highest BCUT2D eigenvalue weighted by molar-refractivity contribution is 8.01.